The lowest BCUT2D eigenvalue weighted by Crippen LogP contribution is -2.18. The minimum Gasteiger partial charge on any atom is -0.494 e. The maximum Gasteiger partial charge on any atom is 0.327 e. The molecule has 0 bridgehead atoms. The number of hydrogen-bond acceptors (Lipinski definition) is 5. The number of imidazole rings is 1. The van der Waals surface area contributed by atoms with E-state index in [4.69, 9.17) is 10.5 Å². The van der Waals surface area contributed by atoms with E-state index in [1.54, 1.807) is 24.3 Å². The van der Waals surface area contributed by atoms with Gasteiger partial charge in [0, 0.05) is 11.6 Å². The SMILES string of the molecule is CCOc1ccc(-c2nc(C(N)=O)c3[nH]c(=O)n(C(C)C)c3n2)cc1. The van der Waals surface area contributed by atoms with Gasteiger partial charge in [-0.25, -0.2) is 14.8 Å². The number of benzene rings is 1. The number of H-pyrrole nitrogens is 1. The minimum atomic E-state index is -0.725. The topological polar surface area (TPSA) is 116 Å². The molecule has 0 aliphatic heterocycles. The van der Waals surface area contributed by atoms with E-state index in [2.05, 4.69) is 15.0 Å². The van der Waals surface area contributed by atoms with Crippen LogP contribution in [0.5, 0.6) is 5.75 Å². The van der Waals surface area contributed by atoms with Crippen LogP contribution < -0.4 is 16.2 Å². The van der Waals surface area contributed by atoms with Crippen molar-refractivity contribution in [3.05, 3.63) is 40.4 Å². The second kappa shape index (κ2) is 6.39. The molecule has 130 valence electrons. The molecule has 0 atom stereocenters. The molecule has 8 heteroatoms. The number of hydrogen-bond donors (Lipinski definition) is 2. The molecule has 3 aromatic rings. The van der Waals surface area contributed by atoms with Crippen LogP contribution in [0.25, 0.3) is 22.6 Å². The minimum absolute atomic E-state index is 0.00890. The highest BCUT2D eigenvalue weighted by atomic mass is 16.5. The van der Waals surface area contributed by atoms with Crippen molar-refractivity contribution in [3.8, 4) is 17.1 Å². The maximum absolute atomic E-state index is 12.2. The van der Waals surface area contributed by atoms with Gasteiger partial charge in [0.15, 0.2) is 17.2 Å². The number of nitrogens with two attached hydrogens (primary N) is 1. The van der Waals surface area contributed by atoms with Crippen LogP contribution in [0.4, 0.5) is 0 Å². The molecule has 0 radical (unpaired) electrons. The molecule has 2 aromatic heterocycles. The van der Waals surface area contributed by atoms with Gasteiger partial charge in [-0.3, -0.25) is 9.36 Å². The van der Waals surface area contributed by atoms with Gasteiger partial charge in [-0.2, -0.15) is 0 Å². The van der Waals surface area contributed by atoms with Crippen LogP contribution in [0, 0.1) is 0 Å². The summed E-state index contributed by atoms with van der Waals surface area (Å²) in [5.74, 6) is 0.317. The zero-order chi connectivity index (χ0) is 18.1. The zero-order valence-electron chi connectivity index (χ0n) is 14.2. The summed E-state index contributed by atoms with van der Waals surface area (Å²) in [5.41, 5.74) is 6.38. The van der Waals surface area contributed by atoms with E-state index in [1.165, 1.54) is 4.57 Å². The number of carbonyl (C=O) groups excluding carboxylic acids is 1. The highest BCUT2D eigenvalue weighted by Crippen LogP contribution is 2.23. The van der Waals surface area contributed by atoms with Gasteiger partial charge >= 0.3 is 5.69 Å². The Bertz CT molecular complexity index is 986. The Hall–Kier alpha value is -3.16. The quantitative estimate of drug-likeness (QED) is 0.735. The van der Waals surface area contributed by atoms with Crippen molar-refractivity contribution in [2.24, 2.45) is 5.73 Å². The maximum atomic E-state index is 12.2. The van der Waals surface area contributed by atoms with E-state index >= 15 is 0 Å². The van der Waals surface area contributed by atoms with Crippen molar-refractivity contribution in [1.82, 2.24) is 19.5 Å². The van der Waals surface area contributed by atoms with Gasteiger partial charge in [0.1, 0.15) is 11.3 Å². The van der Waals surface area contributed by atoms with E-state index in [0.717, 1.165) is 5.75 Å². The average molecular weight is 341 g/mol. The van der Waals surface area contributed by atoms with Crippen molar-refractivity contribution in [3.63, 3.8) is 0 Å². The fourth-order valence-corrected chi connectivity index (χ4v) is 2.66. The second-order valence-corrected chi connectivity index (χ2v) is 5.81. The van der Waals surface area contributed by atoms with Crippen LogP contribution >= 0.6 is 0 Å². The lowest BCUT2D eigenvalue weighted by Gasteiger charge is -2.09. The third-order valence-electron chi connectivity index (χ3n) is 3.74. The Labute approximate surface area is 143 Å². The van der Waals surface area contributed by atoms with Gasteiger partial charge in [-0.15, -0.1) is 0 Å². The Morgan fingerprint density at radius 3 is 2.52 bits per heavy atom. The molecule has 25 heavy (non-hydrogen) atoms. The normalized spacial score (nSPS) is 11.2. The molecule has 3 rings (SSSR count). The van der Waals surface area contributed by atoms with Gasteiger partial charge in [-0.1, -0.05) is 0 Å². The fraction of sp³-hybridized carbons (Fsp3) is 0.294. The molecule has 8 nitrogen and oxygen atoms in total. The lowest BCUT2D eigenvalue weighted by molar-refractivity contribution is 0.0997. The van der Waals surface area contributed by atoms with Crippen LogP contribution in [0.2, 0.25) is 0 Å². The summed E-state index contributed by atoms with van der Waals surface area (Å²) in [6, 6.07) is 7.04. The first-order chi connectivity index (χ1) is 11.9. The summed E-state index contributed by atoms with van der Waals surface area (Å²) in [7, 11) is 0. The number of aromatic amines is 1. The van der Waals surface area contributed by atoms with Crippen molar-refractivity contribution in [2.75, 3.05) is 6.61 Å². The number of nitrogens with one attached hydrogen (secondary N) is 1. The number of amides is 1. The third kappa shape index (κ3) is 2.98. The summed E-state index contributed by atoms with van der Waals surface area (Å²) < 4.78 is 6.89. The van der Waals surface area contributed by atoms with Crippen LogP contribution in [0.1, 0.15) is 37.3 Å². The molecular formula is C17H19N5O3. The number of nitrogens with zero attached hydrogens (tertiary/aromatic N) is 3. The summed E-state index contributed by atoms with van der Waals surface area (Å²) in [5, 5.41) is 0. The predicted octanol–water partition coefficient (Wildman–Crippen LogP) is 1.87. The molecule has 1 amide bonds. The summed E-state index contributed by atoms with van der Waals surface area (Å²) in [6.07, 6.45) is 0. The van der Waals surface area contributed by atoms with Crippen LogP contribution in [0.3, 0.4) is 0 Å². The van der Waals surface area contributed by atoms with Crippen molar-refractivity contribution in [2.45, 2.75) is 26.8 Å². The molecule has 0 fully saturated rings. The van der Waals surface area contributed by atoms with Gasteiger partial charge in [0.25, 0.3) is 5.91 Å². The number of fused-ring (bicyclic) bond motifs is 1. The van der Waals surface area contributed by atoms with Gasteiger partial charge < -0.3 is 15.5 Å². The molecule has 0 aliphatic rings. The molecule has 0 aliphatic carbocycles. The molecule has 0 unspecified atom stereocenters. The predicted molar refractivity (Wildman–Crippen MR) is 93.7 cm³/mol. The lowest BCUT2D eigenvalue weighted by atomic mass is 10.2. The Kier molecular flexibility index (Phi) is 4.26. The number of rotatable bonds is 5. The van der Waals surface area contributed by atoms with E-state index in [-0.39, 0.29) is 22.9 Å². The summed E-state index contributed by atoms with van der Waals surface area (Å²) >= 11 is 0. The highest BCUT2D eigenvalue weighted by molar-refractivity contribution is 6.01. The van der Waals surface area contributed by atoms with Gasteiger partial charge in [0.2, 0.25) is 0 Å². The average Bonchev–Trinajstić information content (AvgIpc) is 2.90. The molecule has 0 spiro atoms. The van der Waals surface area contributed by atoms with E-state index in [0.29, 0.717) is 23.6 Å². The van der Waals surface area contributed by atoms with Crippen molar-refractivity contribution < 1.29 is 9.53 Å². The number of ether oxygens (including phenoxy) is 1. The third-order valence-corrected chi connectivity index (χ3v) is 3.74. The molecule has 2 heterocycles. The first-order valence-corrected chi connectivity index (χ1v) is 7.97. The molecular weight excluding hydrogens is 322 g/mol. The first-order valence-electron chi connectivity index (χ1n) is 7.97. The highest BCUT2D eigenvalue weighted by Gasteiger charge is 2.20. The van der Waals surface area contributed by atoms with Crippen LogP contribution in [-0.4, -0.2) is 32.0 Å². The van der Waals surface area contributed by atoms with Gasteiger partial charge in [-0.05, 0) is 45.0 Å². The monoisotopic (exact) mass is 341 g/mol. The van der Waals surface area contributed by atoms with E-state index in [9.17, 15) is 9.59 Å². The number of carbonyl (C=O) groups is 1. The standard InChI is InChI=1S/C17H19N5O3/c1-4-25-11-7-5-10(6-8-11)15-19-12(14(18)23)13-16(21-15)22(9(2)3)17(24)20-13/h5-9H,4H2,1-3H3,(H2,18,23)(H,20,24). The van der Waals surface area contributed by atoms with E-state index < -0.39 is 5.91 Å². The molecule has 0 saturated carbocycles. The van der Waals surface area contributed by atoms with Crippen molar-refractivity contribution >= 4 is 17.1 Å². The van der Waals surface area contributed by atoms with Gasteiger partial charge in [0.05, 0.1) is 6.61 Å². The summed E-state index contributed by atoms with van der Waals surface area (Å²) in [4.78, 5) is 35.4. The fourth-order valence-electron chi connectivity index (χ4n) is 2.66. The number of primary amides is 1. The van der Waals surface area contributed by atoms with Crippen molar-refractivity contribution in [1.29, 1.82) is 0 Å². The van der Waals surface area contributed by atoms with Crippen LogP contribution in [-0.2, 0) is 0 Å². The Balaban J connectivity index is 2.23. The Morgan fingerprint density at radius 1 is 1.28 bits per heavy atom. The Morgan fingerprint density at radius 2 is 1.96 bits per heavy atom. The zero-order valence-corrected chi connectivity index (χ0v) is 14.2. The molecule has 0 saturated heterocycles. The van der Waals surface area contributed by atoms with Crippen LogP contribution in [0.15, 0.2) is 29.1 Å². The largest absolute Gasteiger partial charge is 0.494 e. The summed E-state index contributed by atoms with van der Waals surface area (Å²) in [6.45, 7) is 6.19. The second-order valence-electron chi connectivity index (χ2n) is 5.81. The molecule has 1 aromatic carbocycles. The number of aromatic nitrogens is 4. The first kappa shape index (κ1) is 16.7. The van der Waals surface area contributed by atoms with E-state index in [1.807, 2.05) is 20.8 Å². The molecule has 3 N–H and O–H groups in total. The smallest absolute Gasteiger partial charge is 0.327 e.